The van der Waals surface area contributed by atoms with E-state index in [4.69, 9.17) is 39.9 Å². The number of nitrogens with zero attached hydrogens (tertiary/aromatic N) is 10. The lowest BCUT2D eigenvalue weighted by Gasteiger charge is -2.14. The van der Waals surface area contributed by atoms with Gasteiger partial charge in [-0.05, 0) is 175 Å². The molecule has 10 nitrogen and oxygen atoms in total. The molecule has 0 unspecified atom stereocenters. The van der Waals surface area contributed by atoms with Crippen LogP contribution in [0.15, 0.2) is 413 Å². The fraction of sp³-hybridized carbons (Fsp3) is 0.0351. The van der Waals surface area contributed by atoms with Crippen LogP contribution in [0.2, 0.25) is 0 Å². The van der Waals surface area contributed by atoms with E-state index in [1.807, 2.05) is 67.3 Å². The first-order valence-electron chi connectivity index (χ1n) is 41.9. The van der Waals surface area contributed by atoms with Gasteiger partial charge >= 0.3 is 0 Å². The van der Waals surface area contributed by atoms with Crippen molar-refractivity contribution in [1.82, 2.24) is 49.8 Å². The van der Waals surface area contributed by atoms with Crippen LogP contribution in [0.3, 0.4) is 0 Å². The zero-order chi connectivity index (χ0) is 83.0. The van der Waals surface area contributed by atoms with Gasteiger partial charge in [-0.15, -0.1) is 0 Å². The third kappa shape index (κ3) is 15.0. The van der Waals surface area contributed by atoms with Gasteiger partial charge in [0, 0.05) is 113 Å². The zero-order valence-electron chi connectivity index (χ0n) is 68.3. The number of aromatic nitrogens is 10. The first-order chi connectivity index (χ1) is 61.1. The first kappa shape index (κ1) is 75.2. The first-order valence-corrected chi connectivity index (χ1v) is 41.9. The smallest absolute Gasteiger partial charge is 0.160 e. The number of aryl methyl sites for hydroxylation is 1. The summed E-state index contributed by atoms with van der Waals surface area (Å²) < 4.78 is 0. The maximum atomic E-state index is 5.34. The van der Waals surface area contributed by atoms with E-state index in [1.165, 1.54) is 27.5 Å². The molecule has 124 heavy (non-hydrogen) atoms. The predicted molar refractivity (Wildman–Crippen MR) is 511 cm³/mol. The quantitative estimate of drug-likeness (QED) is 0.0915. The summed E-state index contributed by atoms with van der Waals surface area (Å²) in [5.41, 5.74) is 32.5. The SMILES string of the molecule is CC(C)c1cc(-c2ccccc2)c2ccc3ccc(-c4cccc(-c5cccc(-c6cc(-c7cccc(-c8cccc9cnccc89)c7)nc(-c7ccccc7)n6)c5)c4)nc3c2n1.Cc1cc(-c2ccccc2)c2ccc3ccc(-c4cccc(-c5cccc(-c6nc(-c7ccccc7)cc(-c7cccc(-c8cccc9cnccc89)c7)n6)c5)c4)nc3c2n1. The van der Waals surface area contributed by atoms with Crippen LogP contribution in [-0.2, 0) is 0 Å². The van der Waals surface area contributed by atoms with Gasteiger partial charge in [-0.1, -0.05) is 317 Å². The summed E-state index contributed by atoms with van der Waals surface area (Å²) in [7, 11) is 0. The number of benzene rings is 14. The second-order valence-electron chi connectivity index (χ2n) is 31.7. The summed E-state index contributed by atoms with van der Waals surface area (Å²) in [5.74, 6) is 1.61. The van der Waals surface area contributed by atoms with Crippen molar-refractivity contribution < 1.29 is 0 Å². The molecule has 14 aromatic carbocycles. The summed E-state index contributed by atoms with van der Waals surface area (Å²) in [6.45, 7) is 6.45. The minimum absolute atomic E-state index is 0.270. The van der Waals surface area contributed by atoms with Gasteiger partial charge in [0.15, 0.2) is 11.6 Å². The maximum Gasteiger partial charge on any atom is 0.160 e. The van der Waals surface area contributed by atoms with Crippen molar-refractivity contribution in [3.63, 3.8) is 0 Å². The average molecular weight is 1590 g/mol. The van der Waals surface area contributed by atoms with Gasteiger partial charge in [0.25, 0.3) is 0 Å². The molecule has 0 saturated carbocycles. The summed E-state index contributed by atoms with van der Waals surface area (Å²) >= 11 is 0. The maximum absolute atomic E-state index is 5.34. The second kappa shape index (κ2) is 32.8. The highest BCUT2D eigenvalue weighted by molar-refractivity contribution is 6.11. The van der Waals surface area contributed by atoms with Crippen molar-refractivity contribution in [1.29, 1.82) is 0 Å². The van der Waals surface area contributed by atoms with Crippen molar-refractivity contribution in [3.05, 3.63) is 424 Å². The van der Waals surface area contributed by atoms with Crippen LogP contribution in [0, 0.1) is 6.92 Å². The molecule has 0 spiro atoms. The molecule has 0 aliphatic carbocycles. The monoisotopic (exact) mass is 1590 g/mol. The third-order valence-corrected chi connectivity index (χ3v) is 23.3. The molecule has 0 N–H and O–H groups in total. The molecule has 22 aromatic rings. The molecule has 8 aromatic heterocycles. The van der Waals surface area contributed by atoms with Crippen LogP contribution in [0.25, 0.3) is 222 Å². The Morgan fingerprint density at radius 1 is 0.194 bits per heavy atom. The van der Waals surface area contributed by atoms with Crippen LogP contribution in [-0.4, -0.2) is 49.8 Å². The van der Waals surface area contributed by atoms with E-state index in [-0.39, 0.29) is 5.92 Å². The minimum atomic E-state index is 0.270. The van der Waals surface area contributed by atoms with E-state index in [0.717, 1.165) is 195 Å². The van der Waals surface area contributed by atoms with Gasteiger partial charge in [0.1, 0.15) is 0 Å². The summed E-state index contributed by atoms with van der Waals surface area (Å²) in [6, 6.07) is 136. The van der Waals surface area contributed by atoms with Crippen molar-refractivity contribution >= 4 is 65.2 Å². The second-order valence-corrected chi connectivity index (χ2v) is 31.7. The molecule has 22 rings (SSSR count). The van der Waals surface area contributed by atoms with Gasteiger partial charge in [0.2, 0.25) is 0 Å². The van der Waals surface area contributed by atoms with E-state index in [2.05, 4.69) is 377 Å². The molecule has 8 heterocycles. The van der Waals surface area contributed by atoms with Gasteiger partial charge in [-0.25, -0.2) is 29.9 Å². The number of fused-ring (bicyclic) bond motifs is 8. The fourth-order valence-corrected chi connectivity index (χ4v) is 17.0. The number of pyridine rings is 6. The standard InChI is InChI=1S/C58H41N5.C56H37N5/c1-37(2)53-34-51(38-13-5-3-6-14-38)50-27-25-39-26-28-52(60-56(39)57(50)61-53)44-20-9-17-41(31-44)42-18-10-21-45(32-42)54-35-55(63-58(62-54)40-15-7-4-8-16-40)46-22-11-19-43(33-46)48-24-12-23-47-36-59-30-29-49(47)48;1-36-30-50(37-12-4-2-5-13-37)49-26-24-39-25-27-51(59-54(39)55(49)58-36)43-19-8-16-40(31-43)41-17-9-21-45(32-41)56-60-52(38-14-6-3-7-15-38)34-53(61-56)44-20-10-18-42(33-44)47-23-11-22-46-35-57-29-28-48(46)47/h3-37H,1-2H3;2-35H,1H3. The van der Waals surface area contributed by atoms with Crippen LogP contribution >= 0.6 is 0 Å². The fourth-order valence-electron chi connectivity index (χ4n) is 17.0. The molecule has 0 atom stereocenters. The topological polar surface area (TPSA) is 129 Å². The van der Waals surface area contributed by atoms with Crippen LogP contribution in [0.4, 0.5) is 0 Å². The Kier molecular flexibility index (Phi) is 19.9. The molecule has 10 heteroatoms. The molecule has 584 valence electrons. The predicted octanol–water partition coefficient (Wildman–Crippen LogP) is 29.0. The molecule has 0 radical (unpaired) electrons. The van der Waals surface area contributed by atoms with Crippen molar-refractivity contribution in [3.8, 4) is 157 Å². The Bertz CT molecular complexity index is 7840. The molecule has 0 saturated heterocycles. The van der Waals surface area contributed by atoms with Crippen molar-refractivity contribution in [2.75, 3.05) is 0 Å². The summed E-state index contributed by atoms with van der Waals surface area (Å²) in [6.07, 6.45) is 7.53. The number of hydrogen-bond acceptors (Lipinski definition) is 10. The molecule has 0 amide bonds. The molecule has 0 bridgehead atoms. The Morgan fingerprint density at radius 3 is 0.984 bits per heavy atom. The minimum Gasteiger partial charge on any atom is -0.264 e. The lowest BCUT2D eigenvalue weighted by atomic mass is 9.96. The van der Waals surface area contributed by atoms with Crippen LogP contribution in [0.1, 0.15) is 31.2 Å². The highest BCUT2D eigenvalue weighted by Gasteiger charge is 2.21. The highest BCUT2D eigenvalue weighted by atomic mass is 14.9. The Hall–Kier alpha value is -16.3. The van der Waals surface area contributed by atoms with E-state index in [9.17, 15) is 0 Å². The highest BCUT2D eigenvalue weighted by Crippen LogP contribution is 2.42. The molecule has 0 fully saturated rings. The molecule has 0 aliphatic heterocycles. The molecular weight excluding hydrogens is 1510 g/mol. The van der Waals surface area contributed by atoms with Crippen molar-refractivity contribution in [2.45, 2.75) is 26.7 Å². The van der Waals surface area contributed by atoms with E-state index in [1.54, 1.807) is 0 Å². The Morgan fingerprint density at radius 2 is 0.532 bits per heavy atom. The van der Waals surface area contributed by atoms with E-state index in [0.29, 0.717) is 11.6 Å². The normalized spacial score (nSPS) is 11.4. The Balaban J connectivity index is 0.000000152. The molecule has 0 aliphatic rings. The van der Waals surface area contributed by atoms with Gasteiger partial charge in [0.05, 0.1) is 56.2 Å². The van der Waals surface area contributed by atoms with Crippen molar-refractivity contribution in [2.24, 2.45) is 0 Å². The average Bonchev–Trinajstić information content (AvgIpc) is 0.755. The van der Waals surface area contributed by atoms with Crippen LogP contribution in [0.5, 0.6) is 0 Å². The van der Waals surface area contributed by atoms with Crippen LogP contribution < -0.4 is 0 Å². The number of rotatable bonds is 15. The Labute approximate surface area is 718 Å². The van der Waals surface area contributed by atoms with Gasteiger partial charge in [-0.3, -0.25) is 19.9 Å². The lowest BCUT2D eigenvalue weighted by molar-refractivity contribution is 0.831. The van der Waals surface area contributed by atoms with Gasteiger partial charge in [-0.2, -0.15) is 0 Å². The van der Waals surface area contributed by atoms with E-state index >= 15 is 0 Å². The van der Waals surface area contributed by atoms with Gasteiger partial charge < -0.3 is 0 Å². The zero-order valence-corrected chi connectivity index (χ0v) is 68.3. The molecular formula is C114H78N10. The third-order valence-electron chi connectivity index (χ3n) is 23.3. The number of hydrogen-bond donors (Lipinski definition) is 0. The summed E-state index contributed by atoms with van der Waals surface area (Å²) in [5, 5.41) is 8.88. The van der Waals surface area contributed by atoms with E-state index < -0.39 is 0 Å². The summed E-state index contributed by atoms with van der Waals surface area (Å²) in [4.78, 5) is 50.3. The largest absolute Gasteiger partial charge is 0.264 e. The lowest BCUT2D eigenvalue weighted by Crippen LogP contribution is -1.97.